The molecule has 1 amide bonds. The van der Waals surface area contributed by atoms with E-state index in [1.54, 1.807) is 18.2 Å². The number of hydrogen-bond donors (Lipinski definition) is 2. The fraction of sp³-hybridized carbons (Fsp3) is 0.111. The van der Waals surface area contributed by atoms with E-state index in [0.29, 0.717) is 11.9 Å². The minimum atomic E-state index is -0.288. The minimum absolute atomic E-state index is 0.251. The minimum Gasteiger partial charge on any atom is -0.347 e. The molecule has 0 fully saturated rings. The molecule has 0 bridgehead atoms. The highest BCUT2D eigenvalue weighted by molar-refractivity contribution is 5.96. The van der Waals surface area contributed by atoms with E-state index in [1.165, 1.54) is 5.56 Å². The first-order valence-electron chi connectivity index (χ1n) is 7.09. The van der Waals surface area contributed by atoms with E-state index in [2.05, 4.69) is 10.3 Å². The first kappa shape index (κ1) is 14.1. The maximum atomic E-state index is 12.2. The van der Waals surface area contributed by atoms with Gasteiger partial charge in [0.05, 0.1) is 0 Å². The average Bonchev–Trinajstić information content (AvgIpc) is 2.54. The van der Waals surface area contributed by atoms with Crippen LogP contribution >= 0.6 is 0 Å². The molecule has 0 aliphatic heterocycles. The molecule has 2 N–H and O–H groups in total. The summed E-state index contributed by atoms with van der Waals surface area (Å²) < 4.78 is 0. The van der Waals surface area contributed by atoms with Crippen molar-refractivity contribution >= 4 is 16.7 Å². The molecule has 2 aromatic carbocycles. The summed E-state index contributed by atoms with van der Waals surface area (Å²) >= 11 is 0. The summed E-state index contributed by atoms with van der Waals surface area (Å²) in [5, 5.41) is 4.15. The Bertz CT molecular complexity index is 879. The van der Waals surface area contributed by atoms with E-state index < -0.39 is 0 Å². The number of carbonyl (C=O) groups is 1. The van der Waals surface area contributed by atoms with Crippen LogP contribution in [0.15, 0.2) is 59.4 Å². The topological polar surface area (TPSA) is 62.0 Å². The molecule has 22 heavy (non-hydrogen) atoms. The number of hydrogen-bond acceptors (Lipinski definition) is 2. The largest absolute Gasteiger partial charge is 0.347 e. The summed E-state index contributed by atoms with van der Waals surface area (Å²) in [6, 6.07) is 16.8. The zero-order valence-corrected chi connectivity index (χ0v) is 12.2. The Labute approximate surface area is 127 Å². The van der Waals surface area contributed by atoms with Crippen LogP contribution in [-0.2, 0) is 6.54 Å². The number of aromatic nitrogens is 1. The molecule has 0 atom stereocenters. The SMILES string of the molecule is Cc1ccc(CNC(=O)c2cc3ccccc3c(=O)[nH]2)cc1. The van der Waals surface area contributed by atoms with E-state index in [9.17, 15) is 9.59 Å². The van der Waals surface area contributed by atoms with Crippen molar-refractivity contribution in [1.82, 2.24) is 10.3 Å². The first-order valence-corrected chi connectivity index (χ1v) is 7.09. The summed E-state index contributed by atoms with van der Waals surface area (Å²) in [6.07, 6.45) is 0. The Kier molecular flexibility index (Phi) is 3.74. The van der Waals surface area contributed by atoms with Gasteiger partial charge in [-0.05, 0) is 30.0 Å². The zero-order valence-electron chi connectivity index (χ0n) is 12.2. The van der Waals surface area contributed by atoms with Gasteiger partial charge in [-0.25, -0.2) is 0 Å². The number of carbonyl (C=O) groups excluding carboxylic acids is 1. The second-order valence-corrected chi connectivity index (χ2v) is 5.27. The van der Waals surface area contributed by atoms with Gasteiger partial charge in [0, 0.05) is 11.9 Å². The molecular formula is C18H16N2O2. The highest BCUT2D eigenvalue weighted by Crippen LogP contribution is 2.10. The van der Waals surface area contributed by atoms with Crippen LogP contribution in [0.2, 0.25) is 0 Å². The van der Waals surface area contributed by atoms with Gasteiger partial charge < -0.3 is 10.3 Å². The molecule has 3 rings (SSSR count). The lowest BCUT2D eigenvalue weighted by molar-refractivity contribution is 0.0946. The molecule has 0 saturated carbocycles. The summed E-state index contributed by atoms with van der Waals surface area (Å²) in [7, 11) is 0. The smallest absolute Gasteiger partial charge is 0.268 e. The molecule has 0 spiro atoms. The number of benzene rings is 2. The number of amides is 1. The predicted molar refractivity (Wildman–Crippen MR) is 86.9 cm³/mol. The monoisotopic (exact) mass is 292 g/mol. The second kappa shape index (κ2) is 5.85. The van der Waals surface area contributed by atoms with Crippen LogP contribution in [0.4, 0.5) is 0 Å². The Hall–Kier alpha value is -2.88. The van der Waals surface area contributed by atoms with Gasteiger partial charge in [-0.1, -0.05) is 48.0 Å². The van der Waals surface area contributed by atoms with Crippen molar-refractivity contribution < 1.29 is 4.79 Å². The first-order chi connectivity index (χ1) is 10.6. The molecule has 4 heteroatoms. The normalized spacial score (nSPS) is 10.6. The molecule has 0 aliphatic carbocycles. The van der Waals surface area contributed by atoms with Crippen molar-refractivity contribution in [3.05, 3.63) is 81.8 Å². The fourth-order valence-electron chi connectivity index (χ4n) is 2.32. The summed E-state index contributed by atoms with van der Waals surface area (Å²) in [5.41, 5.74) is 2.21. The van der Waals surface area contributed by atoms with Crippen LogP contribution in [0.3, 0.4) is 0 Å². The second-order valence-electron chi connectivity index (χ2n) is 5.27. The van der Waals surface area contributed by atoms with Crippen molar-refractivity contribution in [2.45, 2.75) is 13.5 Å². The van der Waals surface area contributed by atoms with Crippen LogP contribution in [-0.4, -0.2) is 10.9 Å². The number of rotatable bonds is 3. The molecule has 0 saturated heterocycles. The molecule has 0 unspecified atom stereocenters. The Balaban J connectivity index is 1.80. The Morgan fingerprint density at radius 2 is 1.82 bits per heavy atom. The highest BCUT2D eigenvalue weighted by atomic mass is 16.2. The lowest BCUT2D eigenvalue weighted by Gasteiger charge is -2.07. The third-order valence-electron chi connectivity index (χ3n) is 3.57. The lowest BCUT2D eigenvalue weighted by Crippen LogP contribution is -2.26. The molecule has 0 radical (unpaired) electrons. The van der Waals surface area contributed by atoms with Gasteiger partial charge in [-0.3, -0.25) is 9.59 Å². The third-order valence-corrected chi connectivity index (χ3v) is 3.57. The average molecular weight is 292 g/mol. The number of nitrogens with one attached hydrogen (secondary N) is 2. The molecule has 110 valence electrons. The molecule has 1 heterocycles. The maximum absolute atomic E-state index is 12.2. The van der Waals surface area contributed by atoms with Crippen molar-refractivity contribution in [2.24, 2.45) is 0 Å². The van der Waals surface area contributed by atoms with E-state index >= 15 is 0 Å². The predicted octanol–water partition coefficient (Wildman–Crippen LogP) is 2.77. The fourth-order valence-corrected chi connectivity index (χ4v) is 2.32. The lowest BCUT2D eigenvalue weighted by atomic mass is 10.1. The van der Waals surface area contributed by atoms with Gasteiger partial charge in [0.2, 0.25) is 0 Å². The van der Waals surface area contributed by atoms with Crippen molar-refractivity contribution in [3.63, 3.8) is 0 Å². The molecule has 0 aliphatic rings. The quantitative estimate of drug-likeness (QED) is 0.779. The van der Waals surface area contributed by atoms with E-state index in [0.717, 1.165) is 10.9 Å². The number of aryl methyl sites for hydroxylation is 1. The third kappa shape index (κ3) is 2.91. The van der Waals surface area contributed by atoms with Gasteiger partial charge in [-0.2, -0.15) is 0 Å². The van der Waals surface area contributed by atoms with Crippen LogP contribution in [0.1, 0.15) is 21.6 Å². The number of pyridine rings is 1. The molecule has 3 aromatic rings. The van der Waals surface area contributed by atoms with Crippen LogP contribution < -0.4 is 10.9 Å². The Morgan fingerprint density at radius 1 is 1.09 bits per heavy atom. The highest BCUT2D eigenvalue weighted by Gasteiger charge is 2.09. The van der Waals surface area contributed by atoms with E-state index in [4.69, 9.17) is 0 Å². The van der Waals surface area contributed by atoms with Gasteiger partial charge in [0.25, 0.3) is 11.5 Å². The van der Waals surface area contributed by atoms with Crippen molar-refractivity contribution in [1.29, 1.82) is 0 Å². The summed E-state index contributed by atoms with van der Waals surface area (Å²) in [6.45, 7) is 2.44. The number of H-pyrrole nitrogens is 1. The van der Waals surface area contributed by atoms with Crippen LogP contribution in [0, 0.1) is 6.92 Å². The van der Waals surface area contributed by atoms with Gasteiger partial charge in [0.15, 0.2) is 0 Å². The Morgan fingerprint density at radius 3 is 2.59 bits per heavy atom. The molecular weight excluding hydrogens is 276 g/mol. The number of fused-ring (bicyclic) bond motifs is 1. The van der Waals surface area contributed by atoms with Crippen LogP contribution in [0.25, 0.3) is 10.8 Å². The van der Waals surface area contributed by atoms with Crippen LogP contribution in [0.5, 0.6) is 0 Å². The maximum Gasteiger partial charge on any atom is 0.268 e. The standard InChI is InChI=1S/C18H16N2O2/c1-12-6-8-13(9-7-12)11-19-18(22)16-10-14-4-2-3-5-15(14)17(21)20-16/h2-10H,11H2,1H3,(H,19,22)(H,20,21). The van der Waals surface area contributed by atoms with Gasteiger partial charge >= 0.3 is 0 Å². The molecule has 1 aromatic heterocycles. The zero-order chi connectivity index (χ0) is 15.5. The van der Waals surface area contributed by atoms with E-state index in [1.807, 2.05) is 43.3 Å². The van der Waals surface area contributed by atoms with Gasteiger partial charge in [0.1, 0.15) is 5.69 Å². The van der Waals surface area contributed by atoms with Crippen molar-refractivity contribution in [3.8, 4) is 0 Å². The van der Waals surface area contributed by atoms with E-state index in [-0.39, 0.29) is 17.2 Å². The summed E-state index contributed by atoms with van der Waals surface area (Å²) in [5.74, 6) is -0.288. The number of aromatic amines is 1. The van der Waals surface area contributed by atoms with Crippen molar-refractivity contribution in [2.75, 3.05) is 0 Å². The molecule has 4 nitrogen and oxygen atoms in total. The summed E-state index contributed by atoms with van der Waals surface area (Å²) in [4.78, 5) is 26.8. The van der Waals surface area contributed by atoms with Gasteiger partial charge in [-0.15, -0.1) is 0 Å².